The van der Waals surface area contributed by atoms with Crippen molar-refractivity contribution < 1.29 is 24.5 Å². The van der Waals surface area contributed by atoms with Gasteiger partial charge in [-0.2, -0.15) is 0 Å². The Hall–Kier alpha value is -1.79. The van der Waals surface area contributed by atoms with Gasteiger partial charge in [-0.05, 0) is 50.2 Å². The summed E-state index contributed by atoms with van der Waals surface area (Å²) >= 11 is 1.28. The van der Waals surface area contributed by atoms with Gasteiger partial charge in [0.1, 0.15) is 12.2 Å². The van der Waals surface area contributed by atoms with Crippen molar-refractivity contribution in [2.45, 2.75) is 62.7 Å². The highest BCUT2D eigenvalue weighted by molar-refractivity contribution is 8.04. The topological polar surface area (TPSA) is 83.8 Å². The number of carbonyl (C=O) groups is 2. The van der Waals surface area contributed by atoms with Gasteiger partial charge in [0, 0.05) is 17.1 Å². The molecular formula is C18H22O5S. The molecule has 0 aromatic heterocycles. The van der Waals surface area contributed by atoms with E-state index in [0.717, 1.165) is 12.8 Å². The van der Waals surface area contributed by atoms with E-state index in [1.54, 1.807) is 0 Å². The molecule has 0 heterocycles. The van der Waals surface area contributed by atoms with Crippen molar-refractivity contribution in [2.24, 2.45) is 11.8 Å². The van der Waals surface area contributed by atoms with Crippen molar-refractivity contribution in [3.8, 4) is 23.2 Å². The molecule has 2 unspecified atom stereocenters. The van der Waals surface area contributed by atoms with Gasteiger partial charge < -0.3 is 14.9 Å². The third kappa shape index (κ3) is 6.02. The minimum atomic E-state index is -0.930. The average molecular weight is 350 g/mol. The van der Waals surface area contributed by atoms with Crippen molar-refractivity contribution in [3.05, 3.63) is 0 Å². The molecule has 0 aromatic carbocycles. The fraction of sp³-hybridized carbons (Fsp3) is 0.667. The number of hydrogen-bond donors (Lipinski definition) is 2. The Balaban J connectivity index is 1.80. The lowest BCUT2D eigenvalue weighted by Gasteiger charge is -2.29. The highest BCUT2D eigenvalue weighted by atomic mass is 32.2. The van der Waals surface area contributed by atoms with Crippen molar-refractivity contribution in [2.75, 3.05) is 0 Å². The van der Waals surface area contributed by atoms with E-state index in [2.05, 4.69) is 23.2 Å². The molecule has 2 aliphatic carbocycles. The SMILES string of the molecule is O=C(O)C1CC(SC#CC#COC2CCCCC2)CC(C(=O)O)C1. The second-order valence-electron chi connectivity index (χ2n) is 6.35. The molecule has 0 radical (unpaired) electrons. The third-order valence-electron chi connectivity index (χ3n) is 4.53. The summed E-state index contributed by atoms with van der Waals surface area (Å²) in [6.07, 6.45) is 9.66. The molecule has 2 rings (SSSR count). The molecule has 6 heteroatoms. The van der Waals surface area contributed by atoms with Crippen LogP contribution in [0.5, 0.6) is 0 Å². The van der Waals surface area contributed by atoms with E-state index >= 15 is 0 Å². The number of thioether (sulfide) groups is 1. The van der Waals surface area contributed by atoms with Gasteiger partial charge in [0.05, 0.1) is 11.8 Å². The van der Waals surface area contributed by atoms with Crippen LogP contribution in [-0.2, 0) is 14.3 Å². The van der Waals surface area contributed by atoms with E-state index < -0.39 is 23.8 Å². The Bertz CT molecular complexity index is 552. The lowest BCUT2D eigenvalue weighted by Crippen LogP contribution is -2.33. The Morgan fingerprint density at radius 3 is 2.12 bits per heavy atom. The third-order valence-corrected chi connectivity index (χ3v) is 5.47. The Kier molecular flexibility index (Phi) is 7.34. The van der Waals surface area contributed by atoms with Crippen LogP contribution in [0.4, 0.5) is 0 Å². The van der Waals surface area contributed by atoms with Gasteiger partial charge in [0.25, 0.3) is 0 Å². The molecular weight excluding hydrogens is 328 g/mol. The van der Waals surface area contributed by atoms with Crippen LogP contribution in [0.1, 0.15) is 51.4 Å². The molecule has 2 N–H and O–H groups in total. The van der Waals surface area contributed by atoms with Crippen LogP contribution in [0.15, 0.2) is 0 Å². The maximum absolute atomic E-state index is 11.2. The monoisotopic (exact) mass is 350 g/mol. The highest BCUT2D eigenvalue weighted by Gasteiger charge is 2.36. The van der Waals surface area contributed by atoms with Gasteiger partial charge in [-0.1, -0.05) is 18.2 Å². The number of rotatable bonds is 4. The smallest absolute Gasteiger partial charge is 0.306 e. The number of carboxylic acids is 2. The van der Waals surface area contributed by atoms with Crippen LogP contribution in [0.2, 0.25) is 0 Å². The molecule has 2 atom stereocenters. The minimum Gasteiger partial charge on any atom is -0.481 e. The minimum absolute atomic E-state index is 0.0884. The van der Waals surface area contributed by atoms with Crippen molar-refractivity contribution in [1.82, 2.24) is 0 Å². The van der Waals surface area contributed by atoms with Crippen molar-refractivity contribution in [1.29, 1.82) is 0 Å². The van der Waals surface area contributed by atoms with Crippen LogP contribution in [0.3, 0.4) is 0 Å². The zero-order chi connectivity index (χ0) is 17.4. The van der Waals surface area contributed by atoms with Crippen molar-refractivity contribution >= 4 is 23.7 Å². The van der Waals surface area contributed by atoms with E-state index in [0.29, 0.717) is 12.8 Å². The Morgan fingerprint density at radius 1 is 0.917 bits per heavy atom. The maximum Gasteiger partial charge on any atom is 0.306 e. The van der Waals surface area contributed by atoms with Crippen LogP contribution in [0, 0.1) is 35.0 Å². The first-order valence-electron chi connectivity index (χ1n) is 8.33. The lowest BCUT2D eigenvalue weighted by molar-refractivity contribution is -0.147. The molecule has 5 nitrogen and oxygen atoms in total. The fourth-order valence-electron chi connectivity index (χ4n) is 3.23. The van der Waals surface area contributed by atoms with Crippen LogP contribution in [-0.4, -0.2) is 33.5 Å². The molecule has 0 amide bonds. The number of hydrogen-bond acceptors (Lipinski definition) is 4. The molecule has 24 heavy (non-hydrogen) atoms. The van der Waals surface area contributed by atoms with E-state index in [1.807, 2.05) is 0 Å². The summed E-state index contributed by atoms with van der Waals surface area (Å²) in [5.74, 6) is 2.26. The summed E-state index contributed by atoms with van der Waals surface area (Å²) in [4.78, 5) is 22.3. The predicted octanol–water partition coefficient (Wildman–Crippen LogP) is 2.94. The van der Waals surface area contributed by atoms with Crippen LogP contribution < -0.4 is 0 Å². The van der Waals surface area contributed by atoms with E-state index in [1.165, 1.54) is 31.0 Å². The molecule has 0 saturated heterocycles. The first kappa shape index (κ1) is 18.5. The standard InChI is InChI=1S/C18H22O5S/c19-17(20)13-10-14(18(21)22)12-16(11-13)24-9-5-4-8-23-15-6-2-1-3-7-15/h13-16H,1-3,6-7,10-12H2,(H,19,20)(H,21,22). The van der Waals surface area contributed by atoms with Crippen LogP contribution >= 0.6 is 11.8 Å². The largest absolute Gasteiger partial charge is 0.481 e. The first-order chi connectivity index (χ1) is 11.6. The molecule has 2 fully saturated rings. The summed E-state index contributed by atoms with van der Waals surface area (Å²) < 4.78 is 5.44. The zero-order valence-electron chi connectivity index (χ0n) is 13.5. The number of carboxylic acid groups (broad SMARTS) is 2. The van der Waals surface area contributed by atoms with Gasteiger partial charge >= 0.3 is 11.9 Å². The normalized spacial score (nSPS) is 27.1. The van der Waals surface area contributed by atoms with Gasteiger partial charge in [0.15, 0.2) is 0 Å². The van der Waals surface area contributed by atoms with Crippen LogP contribution in [0.25, 0.3) is 0 Å². The second kappa shape index (κ2) is 9.49. The average Bonchev–Trinajstić information content (AvgIpc) is 2.58. The molecule has 0 aliphatic heterocycles. The lowest BCUT2D eigenvalue weighted by atomic mass is 9.81. The maximum atomic E-state index is 11.2. The van der Waals surface area contributed by atoms with E-state index in [9.17, 15) is 9.59 Å². The molecule has 0 aromatic rings. The number of aliphatic carboxylic acids is 2. The molecule has 0 bridgehead atoms. The van der Waals surface area contributed by atoms with Gasteiger partial charge in [-0.25, -0.2) is 0 Å². The number of ether oxygens (including phenoxy) is 1. The quantitative estimate of drug-likeness (QED) is 0.759. The summed E-state index contributed by atoms with van der Waals surface area (Å²) in [7, 11) is 0. The molecule has 130 valence electrons. The summed E-state index contributed by atoms with van der Waals surface area (Å²) in [6, 6.07) is 0. The summed E-state index contributed by atoms with van der Waals surface area (Å²) in [5.41, 5.74) is 0. The Morgan fingerprint density at radius 2 is 1.54 bits per heavy atom. The molecule has 2 saturated carbocycles. The molecule has 0 spiro atoms. The van der Waals surface area contributed by atoms with Gasteiger partial charge in [0.2, 0.25) is 0 Å². The van der Waals surface area contributed by atoms with E-state index in [4.69, 9.17) is 14.9 Å². The summed E-state index contributed by atoms with van der Waals surface area (Å²) in [6.45, 7) is 0. The fourth-order valence-corrected chi connectivity index (χ4v) is 4.16. The zero-order valence-corrected chi connectivity index (χ0v) is 14.3. The van der Waals surface area contributed by atoms with E-state index in [-0.39, 0.29) is 17.8 Å². The Labute approximate surface area is 146 Å². The van der Waals surface area contributed by atoms with Crippen molar-refractivity contribution in [3.63, 3.8) is 0 Å². The molecule has 2 aliphatic rings. The highest BCUT2D eigenvalue weighted by Crippen LogP contribution is 2.35. The first-order valence-corrected chi connectivity index (χ1v) is 9.21. The van der Waals surface area contributed by atoms with Gasteiger partial charge in [-0.15, -0.1) is 0 Å². The summed E-state index contributed by atoms with van der Waals surface area (Å²) in [5, 5.41) is 21.0. The second-order valence-corrected chi connectivity index (χ2v) is 7.46. The van der Waals surface area contributed by atoms with Gasteiger partial charge in [-0.3, -0.25) is 9.59 Å². The predicted molar refractivity (Wildman–Crippen MR) is 91.0 cm³/mol.